The third kappa shape index (κ3) is 5.91. The molecule has 0 aromatic carbocycles. The maximum atomic E-state index is 12.8. The molecule has 0 spiro atoms. The summed E-state index contributed by atoms with van der Waals surface area (Å²) in [6.07, 6.45) is 4.74. The van der Waals surface area contributed by atoms with Crippen molar-refractivity contribution in [2.45, 2.75) is 104 Å². The van der Waals surface area contributed by atoms with E-state index in [4.69, 9.17) is 4.43 Å². The first-order chi connectivity index (χ1) is 12.3. The Labute approximate surface area is 166 Å². The molecule has 1 aliphatic heterocycles. The van der Waals surface area contributed by atoms with Gasteiger partial charge in [0.05, 0.1) is 6.10 Å². The van der Waals surface area contributed by atoms with E-state index in [2.05, 4.69) is 46.1 Å². The van der Waals surface area contributed by atoms with E-state index in [9.17, 15) is 14.7 Å². The van der Waals surface area contributed by atoms with Gasteiger partial charge in [0.1, 0.15) is 17.4 Å². The monoisotopic (exact) mass is 397 g/mol. The van der Waals surface area contributed by atoms with Crippen molar-refractivity contribution in [3.05, 3.63) is 11.3 Å². The van der Waals surface area contributed by atoms with Crippen LogP contribution >= 0.6 is 0 Å². The minimum absolute atomic E-state index is 0.0146. The third-order valence-electron chi connectivity index (χ3n) is 6.01. The Morgan fingerprint density at radius 3 is 2.30 bits per heavy atom. The van der Waals surface area contributed by atoms with E-state index in [0.29, 0.717) is 0 Å². The van der Waals surface area contributed by atoms with Crippen molar-refractivity contribution in [3.8, 4) is 0 Å². The summed E-state index contributed by atoms with van der Waals surface area (Å²) >= 11 is 0. The summed E-state index contributed by atoms with van der Waals surface area (Å²) in [5, 5.41) is 13.3. The molecular formula is C21H39NO4Si. The molecule has 3 atom stereocenters. The van der Waals surface area contributed by atoms with Crippen LogP contribution in [0.4, 0.5) is 0 Å². The fourth-order valence-corrected chi connectivity index (χ4v) is 4.51. The molecule has 1 rings (SSSR count). The van der Waals surface area contributed by atoms with Gasteiger partial charge in [-0.1, -0.05) is 60.3 Å². The Morgan fingerprint density at radius 1 is 1.19 bits per heavy atom. The highest BCUT2D eigenvalue weighted by Crippen LogP contribution is 2.38. The van der Waals surface area contributed by atoms with Gasteiger partial charge in [-0.25, -0.2) is 0 Å². The van der Waals surface area contributed by atoms with E-state index in [-0.39, 0.29) is 28.1 Å². The average molecular weight is 398 g/mol. The van der Waals surface area contributed by atoms with Crippen LogP contribution in [0.1, 0.15) is 73.6 Å². The van der Waals surface area contributed by atoms with Crippen molar-refractivity contribution in [1.29, 1.82) is 0 Å². The summed E-state index contributed by atoms with van der Waals surface area (Å²) in [5.41, 5.74) is -0.0753. The number of aliphatic hydroxyl groups excluding tert-OH is 1. The van der Waals surface area contributed by atoms with Crippen molar-refractivity contribution in [2.24, 2.45) is 5.92 Å². The molecule has 1 heterocycles. The normalized spacial score (nSPS) is 22.6. The van der Waals surface area contributed by atoms with Gasteiger partial charge in [-0.05, 0) is 31.5 Å². The Balaban J connectivity index is 2.87. The van der Waals surface area contributed by atoms with Crippen LogP contribution in [-0.4, -0.2) is 37.3 Å². The van der Waals surface area contributed by atoms with Gasteiger partial charge in [0.2, 0.25) is 0 Å². The van der Waals surface area contributed by atoms with Crippen molar-refractivity contribution in [1.82, 2.24) is 5.32 Å². The zero-order valence-corrected chi connectivity index (χ0v) is 19.4. The molecular weight excluding hydrogens is 358 g/mol. The molecule has 1 unspecified atom stereocenters. The Hall–Kier alpha value is -1.14. The van der Waals surface area contributed by atoms with Gasteiger partial charge in [0.15, 0.2) is 14.1 Å². The van der Waals surface area contributed by atoms with Gasteiger partial charge >= 0.3 is 0 Å². The lowest BCUT2D eigenvalue weighted by atomic mass is 9.95. The fraction of sp³-hybridized carbons (Fsp3) is 0.810. The van der Waals surface area contributed by atoms with Gasteiger partial charge in [-0.15, -0.1) is 0 Å². The third-order valence-corrected chi connectivity index (χ3v) is 10.6. The first-order valence-corrected chi connectivity index (χ1v) is 13.2. The maximum Gasteiger partial charge on any atom is 0.259 e. The Kier molecular flexibility index (Phi) is 8.29. The molecule has 0 bridgehead atoms. The number of hydrogen-bond donors (Lipinski definition) is 2. The number of rotatable bonds is 9. The number of unbranched alkanes of at least 4 members (excludes halogenated alkanes) is 3. The summed E-state index contributed by atoms with van der Waals surface area (Å²) in [7, 11) is -2.07. The van der Waals surface area contributed by atoms with Crippen LogP contribution in [0.3, 0.4) is 0 Å². The van der Waals surface area contributed by atoms with E-state index in [1.54, 1.807) is 0 Å². The number of allylic oxidation sites excluding steroid dienone is 1. The molecule has 6 heteroatoms. The molecule has 1 saturated heterocycles. The average Bonchev–Trinajstić information content (AvgIpc) is 2.84. The topological polar surface area (TPSA) is 75.6 Å². The molecule has 0 aromatic rings. The molecule has 0 saturated carbocycles. The van der Waals surface area contributed by atoms with Crippen molar-refractivity contribution in [3.63, 3.8) is 0 Å². The van der Waals surface area contributed by atoms with E-state index >= 15 is 0 Å². The molecule has 0 aromatic heterocycles. The standard InChI is InChI=1S/C21H39NO4Si/c1-9-10-11-12-13-14(2)18(23)16-19(24)17(22-20(16)25)15(3)26-27(7,8)21(4,5)6/h14-15,17,23H,9-13H2,1-8H3,(H,22,25)/b18-16-/t14?,15-,17-/m1/s1. The van der Waals surface area contributed by atoms with Crippen LogP contribution in [0, 0.1) is 5.92 Å². The number of carbonyl (C=O) groups is 2. The minimum atomic E-state index is -2.07. The predicted octanol–water partition coefficient (Wildman–Crippen LogP) is 4.88. The molecule has 2 N–H and O–H groups in total. The number of amides is 1. The highest BCUT2D eigenvalue weighted by molar-refractivity contribution is 6.74. The van der Waals surface area contributed by atoms with E-state index in [1.807, 2.05) is 13.8 Å². The van der Waals surface area contributed by atoms with Crippen LogP contribution < -0.4 is 5.32 Å². The lowest BCUT2D eigenvalue weighted by Gasteiger charge is -2.39. The van der Waals surface area contributed by atoms with Gasteiger partial charge in [-0.2, -0.15) is 0 Å². The summed E-state index contributed by atoms with van der Waals surface area (Å²) in [4.78, 5) is 25.2. The highest BCUT2D eigenvalue weighted by atomic mass is 28.4. The van der Waals surface area contributed by atoms with Gasteiger partial charge < -0.3 is 14.8 Å². The first-order valence-electron chi connectivity index (χ1n) is 10.3. The fourth-order valence-electron chi connectivity index (χ4n) is 3.09. The number of nitrogens with one attached hydrogen (secondary N) is 1. The highest BCUT2D eigenvalue weighted by Gasteiger charge is 2.46. The van der Waals surface area contributed by atoms with E-state index < -0.39 is 26.4 Å². The molecule has 27 heavy (non-hydrogen) atoms. The number of Topliss-reactive ketones (excluding diaryl/α,β-unsaturated/α-hetero) is 1. The predicted molar refractivity (Wildman–Crippen MR) is 112 cm³/mol. The van der Waals surface area contributed by atoms with E-state index in [1.165, 1.54) is 0 Å². The zero-order chi connectivity index (χ0) is 21.0. The van der Waals surface area contributed by atoms with Crippen LogP contribution in [0.5, 0.6) is 0 Å². The number of hydrogen-bond acceptors (Lipinski definition) is 4. The SMILES string of the molecule is CCCCCCC(C)/C(O)=C1/C(=O)N[C@H]([C@@H](C)O[Si](C)(C)C(C)(C)C)C1=O. The van der Waals surface area contributed by atoms with Crippen molar-refractivity contribution >= 4 is 20.0 Å². The zero-order valence-electron chi connectivity index (χ0n) is 18.4. The lowest BCUT2D eigenvalue weighted by molar-refractivity contribution is -0.118. The Morgan fingerprint density at radius 2 is 1.78 bits per heavy atom. The van der Waals surface area contributed by atoms with Gasteiger partial charge in [0.25, 0.3) is 5.91 Å². The molecule has 156 valence electrons. The van der Waals surface area contributed by atoms with Gasteiger partial charge in [0, 0.05) is 5.92 Å². The van der Waals surface area contributed by atoms with Crippen LogP contribution in [0.25, 0.3) is 0 Å². The molecule has 5 nitrogen and oxygen atoms in total. The summed E-state index contributed by atoms with van der Waals surface area (Å²) in [5.74, 6) is -1.09. The minimum Gasteiger partial charge on any atom is -0.511 e. The second kappa shape index (κ2) is 9.37. The van der Waals surface area contributed by atoms with Crippen LogP contribution in [0.2, 0.25) is 18.1 Å². The summed E-state index contributed by atoms with van der Waals surface area (Å²) in [6.45, 7) is 16.5. The van der Waals surface area contributed by atoms with Crippen LogP contribution in [-0.2, 0) is 14.0 Å². The van der Waals surface area contributed by atoms with Gasteiger partial charge in [-0.3, -0.25) is 9.59 Å². The first kappa shape index (κ1) is 23.9. The summed E-state index contributed by atoms with van der Waals surface area (Å²) in [6, 6.07) is -0.726. The molecule has 0 aliphatic carbocycles. The summed E-state index contributed by atoms with van der Waals surface area (Å²) < 4.78 is 6.28. The molecule has 0 radical (unpaired) electrons. The largest absolute Gasteiger partial charge is 0.511 e. The van der Waals surface area contributed by atoms with Crippen LogP contribution in [0.15, 0.2) is 11.3 Å². The smallest absolute Gasteiger partial charge is 0.259 e. The molecule has 1 fully saturated rings. The maximum absolute atomic E-state index is 12.8. The Bertz CT molecular complexity index is 577. The molecule has 1 aliphatic rings. The molecule has 1 amide bonds. The van der Waals surface area contributed by atoms with E-state index in [0.717, 1.165) is 32.1 Å². The lowest BCUT2D eigenvalue weighted by Crippen LogP contribution is -2.50. The second-order valence-electron chi connectivity index (χ2n) is 9.41. The quantitative estimate of drug-likeness (QED) is 0.191. The number of ketones is 1. The van der Waals surface area contributed by atoms with Crippen molar-refractivity contribution < 1.29 is 19.1 Å². The number of aliphatic hydroxyl groups is 1. The van der Waals surface area contributed by atoms with Crippen molar-refractivity contribution in [2.75, 3.05) is 0 Å². The second-order valence-corrected chi connectivity index (χ2v) is 14.2. The number of carbonyl (C=O) groups excluding carboxylic acids is 2.